The molecule has 0 aliphatic heterocycles. The van der Waals surface area contributed by atoms with Crippen LogP contribution in [0.2, 0.25) is 0 Å². The number of nitrogens with one attached hydrogen (secondary N) is 1. The first-order valence-corrected chi connectivity index (χ1v) is 13.8. The molecule has 2 aromatic carbocycles. The summed E-state index contributed by atoms with van der Waals surface area (Å²) >= 11 is 8.53. The maximum Gasteiger partial charge on any atom is 0.242 e. The molecule has 3 rings (SSSR count). The van der Waals surface area contributed by atoms with Crippen LogP contribution in [0.3, 0.4) is 0 Å². The standard InChI is InChI=1S/C25H30Br2N2O2S/c1-18(25(31)28-23-8-3-2-4-9-23)29(15-20-6-5-7-22(27)14-20)24(30)17-32-16-19-10-12-21(26)13-11-19/h5-7,10-14,18,23H,2-4,8-9,15-17H2,1H3,(H,28,31). The highest BCUT2D eigenvalue weighted by molar-refractivity contribution is 9.10. The summed E-state index contributed by atoms with van der Waals surface area (Å²) in [6, 6.07) is 15.8. The summed E-state index contributed by atoms with van der Waals surface area (Å²) in [6.45, 7) is 2.25. The van der Waals surface area contributed by atoms with Crippen LogP contribution in [0.25, 0.3) is 0 Å². The minimum absolute atomic E-state index is 0.0154. The average molecular weight is 582 g/mol. The summed E-state index contributed by atoms with van der Waals surface area (Å²) in [5.41, 5.74) is 2.18. The highest BCUT2D eigenvalue weighted by Crippen LogP contribution is 2.21. The summed E-state index contributed by atoms with van der Waals surface area (Å²) in [6.07, 6.45) is 5.62. The van der Waals surface area contributed by atoms with Gasteiger partial charge < -0.3 is 10.2 Å². The van der Waals surface area contributed by atoms with Crippen molar-refractivity contribution in [2.24, 2.45) is 0 Å². The number of carbonyl (C=O) groups excluding carboxylic acids is 2. The summed E-state index contributed by atoms with van der Waals surface area (Å²) in [7, 11) is 0. The molecule has 172 valence electrons. The zero-order valence-electron chi connectivity index (χ0n) is 18.4. The Kier molecular flexibility index (Phi) is 10.1. The lowest BCUT2D eigenvalue weighted by atomic mass is 9.95. The SMILES string of the molecule is CC(C(=O)NC1CCCCC1)N(Cc1cccc(Br)c1)C(=O)CSCc1ccc(Br)cc1. The molecule has 1 aliphatic rings. The second-order valence-electron chi connectivity index (χ2n) is 8.29. The molecule has 0 spiro atoms. The Balaban J connectivity index is 1.64. The number of halogens is 2. The molecule has 32 heavy (non-hydrogen) atoms. The van der Waals surface area contributed by atoms with E-state index in [2.05, 4.69) is 49.3 Å². The Morgan fingerprint density at radius 3 is 2.44 bits per heavy atom. The van der Waals surface area contributed by atoms with Gasteiger partial charge in [-0.1, -0.05) is 75.4 Å². The van der Waals surface area contributed by atoms with Crippen molar-refractivity contribution >= 4 is 55.4 Å². The number of nitrogens with zero attached hydrogens (tertiary/aromatic N) is 1. The number of benzene rings is 2. The molecule has 1 saturated carbocycles. The monoisotopic (exact) mass is 580 g/mol. The molecule has 4 nitrogen and oxygen atoms in total. The topological polar surface area (TPSA) is 49.4 Å². The third-order valence-electron chi connectivity index (χ3n) is 5.77. The number of thioether (sulfide) groups is 1. The van der Waals surface area contributed by atoms with Crippen LogP contribution in [0, 0.1) is 0 Å². The Morgan fingerprint density at radius 1 is 1.03 bits per heavy atom. The fourth-order valence-electron chi connectivity index (χ4n) is 3.90. The molecule has 0 bridgehead atoms. The van der Waals surface area contributed by atoms with Gasteiger partial charge in [-0.05, 0) is 55.2 Å². The Morgan fingerprint density at radius 2 is 1.75 bits per heavy atom. The van der Waals surface area contributed by atoms with Gasteiger partial charge in [0.25, 0.3) is 0 Å². The van der Waals surface area contributed by atoms with Crippen molar-refractivity contribution in [2.45, 2.75) is 63.4 Å². The van der Waals surface area contributed by atoms with Crippen molar-refractivity contribution in [3.63, 3.8) is 0 Å². The lowest BCUT2D eigenvalue weighted by Gasteiger charge is -2.31. The Labute approximate surface area is 212 Å². The van der Waals surface area contributed by atoms with Crippen LogP contribution >= 0.6 is 43.6 Å². The van der Waals surface area contributed by atoms with E-state index in [4.69, 9.17) is 0 Å². The first kappa shape index (κ1) is 25.3. The van der Waals surface area contributed by atoms with E-state index in [1.807, 2.05) is 43.3 Å². The quantitative estimate of drug-likeness (QED) is 0.377. The predicted octanol–water partition coefficient (Wildman–Crippen LogP) is 6.31. The molecule has 1 aliphatic carbocycles. The largest absolute Gasteiger partial charge is 0.352 e. The second-order valence-corrected chi connectivity index (χ2v) is 11.1. The fourth-order valence-corrected chi connectivity index (χ4v) is 5.48. The van der Waals surface area contributed by atoms with Gasteiger partial charge in [0.15, 0.2) is 0 Å². The van der Waals surface area contributed by atoms with E-state index >= 15 is 0 Å². The summed E-state index contributed by atoms with van der Waals surface area (Å²) < 4.78 is 2.01. The molecule has 0 aromatic heterocycles. The summed E-state index contributed by atoms with van der Waals surface area (Å²) in [4.78, 5) is 28.0. The minimum atomic E-state index is -0.517. The molecule has 1 unspecified atom stereocenters. The van der Waals surface area contributed by atoms with E-state index in [0.29, 0.717) is 12.3 Å². The normalized spacial score (nSPS) is 15.2. The van der Waals surface area contributed by atoms with Gasteiger partial charge in [-0.2, -0.15) is 0 Å². The van der Waals surface area contributed by atoms with Crippen molar-refractivity contribution in [1.82, 2.24) is 10.2 Å². The molecule has 0 heterocycles. The van der Waals surface area contributed by atoms with Crippen LogP contribution < -0.4 is 5.32 Å². The van der Waals surface area contributed by atoms with E-state index in [9.17, 15) is 9.59 Å². The van der Waals surface area contributed by atoms with E-state index in [-0.39, 0.29) is 17.9 Å². The molecule has 0 radical (unpaired) electrons. The highest BCUT2D eigenvalue weighted by Gasteiger charge is 2.28. The van der Waals surface area contributed by atoms with Gasteiger partial charge in [-0.15, -0.1) is 11.8 Å². The van der Waals surface area contributed by atoms with Crippen molar-refractivity contribution in [1.29, 1.82) is 0 Å². The van der Waals surface area contributed by atoms with Crippen LogP contribution in [0.4, 0.5) is 0 Å². The van der Waals surface area contributed by atoms with Gasteiger partial charge in [0.1, 0.15) is 6.04 Å². The molecule has 2 amide bonds. The van der Waals surface area contributed by atoms with Crippen LogP contribution in [-0.2, 0) is 21.9 Å². The van der Waals surface area contributed by atoms with Gasteiger partial charge >= 0.3 is 0 Å². The highest BCUT2D eigenvalue weighted by atomic mass is 79.9. The zero-order valence-corrected chi connectivity index (χ0v) is 22.3. The molecule has 2 aromatic rings. The lowest BCUT2D eigenvalue weighted by Crippen LogP contribution is -2.50. The second kappa shape index (κ2) is 12.8. The molecule has 1 fully saturated rings. The first-order valence-electron chi connectivity index (χ1n) is 11.1. The molecule has 1 N–H and O–H groups in total. The molecule has 1 atom stereocenters. The number of amides is 2. The zero-order chi connectivity index (χ0) is 22.9. The van der Waals surface area contributed by atoms with E-state index in [1.165, 1.54) is 12.0 Å². The number of hydrogen-bond acceptors (Lipinski definition) is 3. The maximum absolute atomic E-state index is 13.2. The van der Waals surface area contributed by atoms with E-state index < -0.39 is 6.04 Å². The molecule has 0 saturated heterocycles. The van der Waals surface area contributed by atoms with Gasteiger partial charge in [0, 0.05) is 27.3 Å². The van der Waals surface area contributed by atoms with Crippen LogP contribution in [-0.4, -0.2) is 34.6 Å². The smallest absolute Gasteiger partial charge is 0.242 e. The number of hydrogen-bond donors (Lipinski definition) is 1. The third-order valence-corrected chi connectivity index (χ3v) is 7.78. The predicted molar refractivity (Wildman–Crippen MR) is 139 cm³/mol. The van der Waals surface area contributed by atoms with Gasteiger partial charge in [0.05, 0.1) is 5.75 Å². The number of rotatable bonds is 9. The number of carbonyl (C=O) groups is 2. The molecule has 7 heteroatoms. The van der Waals surface area contributed by atoms with Crippen molar-refractivity contribution < 1.29 is 9.59 Å². The van der Waals surface area contributed by atoms with E-state index in [0.717, 1.165) is 45.9 Å². The van der Waals surface area contributed by atoms with Gasteiger partial charge in [-0.25, -0.2) is 0 Å². The van der Waals surface area contributed by atoms with Gasteiger partial charge in [-0.3, -0.25) is 9.59 Å². The first-order chi connectivity index (χ1) is 15.4. The minimum Gasteiger partial charge on any atom is -0.352 e. The van der Waals surface area contributed by atoms with Crippen molar-refractivity contribution in [2.75, 3.05) is 5.75 Å². The lowest BCUT2D eigenvalue weighted by molar-refractivity contribution is -0.139. The molecular weight excluding hydrogens is 552 g/mol. The maximum atomic E-state index is 13.2. The Hall–Kier alpha value is -1.31. The summed E-state index contributed by atoms with van der Waals surface area (Å²) in [5, 5.41) is 3.19. The van der Waals surface area contributed by atoms with Crippen LogP contribution in [0.5, 0.6) is 0 Å². The average Bonchev–Trinajstić information content (AvgIpc) is 2.79. The van der Waals surface area contributed by atoms with Crippen molar-refractivity contribution in [3.05, 3.63) is 68.6 Å². The van der Waals surface area contributed by atoms with Crippen LogP contribution in [0.15, 0.2) is 57.5 Å². The Bertz CT molecular complexity index is 901. The van der Waals surface area contributed by atoms with Crippen LogP contribution in [0.1, 0.15) is 50.2 Å². The van der Waals surface area contributed by atoms with Gasteiger partial charge in [0.2, 0.25) is 11.8 Å². The van der Waals surface area contributed by atoms with E-state index in [1.54, 1.807) is 16.7 Å². The fraction of sp³-hybridized carbons (Fsp3) is 0.440. The van der Waals surface area contributed by atoms with Crippen molar-refractivity contribution in [3.8, 4) is 0 Å². The molecular formula is C25H30Br2N2O2S. The third kappa shape index (κ3) is 7.92. The summed E-state index contributed by atoms with van der Waals surface area (Å²) in [5.74, 6) is 1.02.